The summed E-state index contributed by atoms with van der Waals surface area (Å²) < 4.78 is 0. The molecule has 0 spiro atoms. The summed E-state index contributed by atoms with van der Waals surface area (Å²) in [5, 5.41) is 7.78. The van der Waals surface area contributed by atoms with Crippen LogP contribution in [-0.2, 0) is 4.79 Å². The van der Waals surface area contributed by atoms with Crippen molar-refractivity contribution in [1.29, 1.82) is 0 Å². The highest BCUT2D eigenvalue weighted by Gasteiger charge is 2.38. The molecule has 1 aliphatic heterocycles. The van der Waals surface area contributed by atoms with E-state index in [1.54, 1.807) is 0 Å². The SMILES string of the molecule is CN(C)c1ccc([C@H]2Nc3cc(Cl)ccc3NC3=C2C(=O)CC(C)(C)C3)cc1. The minimum absolute atomic E-state index is 0.0564. The number of carbonyl (C=O) groups is 1. The summed E-state index contributed by atoms with van der Waals surface area (Å²) >= 11 is 6.25. The number of nitrogens with one attached hydrogen (secondary N) is 2. The van der Waals surface area contributed by atoms with Gasteiger partial charge in [0.05, 0.1) is 17.4 Å². The Hall–Kier alpha value is -2.46. The molecule has 1 atom stereocenters. The van der Waals surface area contributed by atoms with E-state index in [-0.39, 0.29) is 17.2 Å². The Bertz CT molecular complexity index is 960. The third-order valence-electron chi connectivity index (χ3n) is 5.52. The topological polar surface area (TPSA) is 44.4 Å². The molecule has 0 unspecified atom stereocenters. The van der Waals surface area contributed by atoms with Gasteiger partial charge in [-0.25, -0.2) is 0 Å². The molecule has 1 heterocycles. The predicted octanol–water partition coefficient (Wildman–Crippen LogP) is 5.63. The lowest BCUT2D eigenvalue weighted by Crippen LogP contribution is -2.31. The maximum absolute atomic E-state index is 13.2. The second kappa shape index (κ2) is 6.85. The molecule has 5 heteroatoms. The predicted molar refractivity (Wildman–Crippen MR) is 117 cm³/mol. The zero-order chi connectivity index (χ0) is 20.1. The molecule has 2 aliphatic rings. The highest BCUT2D eigenvalue weighted by atomic mass is 35.5. The van der Waals surface area contributed by atoms with Gasteiger partial charge in [0.2, 0.25) is 0 Å². The Morgan fingerprint density at radius 2 is 1.75 bits per heavy atom. The smallest absolute Gasteiger partial charge is 0.163 e. The molecule has 28 heavy (non-hydrogen) atoms. The number of nitrogens with zero attached hydrogens (tertiary/aromatic N) is 1. The summed E-state index contributed by atoms with van der Waals surface area (Å²) in [6.45, 7) is 4.30. The van der Waals surface area contributed by atoms with Crippen LogP contribution in [0.1, 0.15) is 38.3 Å². The van der Waals surface area contributed by atoms with Gasteiger partial charge in [0.15, 0.2) is 5.78 Å². The minimum atomic E-state index is -0.206. The van der Waals surface area contributed by atoms with Gasteiger partial charge in [-0.2, -0.15) is 0 Å². The monoisotopic (exact) mass is 395 g/mol. The van der Waals surface area contributed by atoms with Crippen LogP contribution >= 0.6 is 11.6 Å². The molecule has 0 aromatic heterocycles. The second-order valence-corrected chi connectivity index (χ2v) is 9.15. The fourth-order valence-corrected chi connectivity index (χ4v) is 4.30. The Balaban J connectivity index is 1.84. The van der Waals surface area contributed by atoms with E-state index in [0.717, 1.165) is 40.3 Å². The Labute approximate surface area is 171 Å². The Morgan fingerprint density at radius 3 is 2.43 bits per heavy atom. The van der Waals surface area contributed by atoms with Crippen molar-refractivity contribution in [2.24, 2.45) is 5.41 Å². The molecule has 0 radical (unpaired) electrons. The molecular formula is C23H26ClN3O. The highest BCUT2D eigenvalue weighted by molar-refractivity contribution is 6.31. The van der Waals surface area contributed by atoms with Crippen molar-refractivity contribution in [3.63, 3.8) is 0 Å². The molecule has 2 aromatic carbocycles. The number of allylic oxidation sites excluding steroid dienone is 1. The van der Waals surface area contributed by atoms with Gasteiger partial charge in [-0.1, -0.05) is 37.6 Å². The number of rotatable bonds is 2. The van der Waals surface area contributed by atoms with E-state index in [1.807, 2.05) is 32.3 Å². The number of benzene rings is 2. The summed E-state index contributed by atoms with van der Waals surface area (Å²) in [6.07, 6.45) is 1.39. The molecule has 0 amide bonds. The van der Waals surface area contributed by atoms with Gasteiger partial charge in [0, 0.05) is 42.5 Å². The summed E-state index contributed by atoms with van der Waals surface area (Å²) in [5.74, 6) is 0.201. The van der Waals surface area contributed by atoms with E-state index in [0.29, 0.717) is 11.4 Å². The molecule has 1 aliphatic carbocycles. The maximum atomic E-state index is 13.2. The first kappa shape index (κ1) is 18.9. The van der Waals surface area contributed by atoms with E-state index in [4.69, 9.17) is 11.6 Å². The zero-order valence-corrected chi connectivity index (χ0v) is 17.5. The quantitative estimate of drug-likeness (QED) is 0.691. The first-order valence-electron chi connectivity index (χ1n) is 9.60. The average molecular weight is 396 g/mol. The van der Waals surface area contributed by atoms with Crippen LogP contribution in [0.3, 0.4) is 0 Å². The molecule has 4 rings (SSSR count). The number of halogens is 1. The first-order valence-corrected chi connectivity index (χ1v) is 9.98. The number of Topliss-reactive ketones (excluding diaryl/α,β-unsaturated/α-hetero) is 1. The van der Waals surface area contributed by atoms with Gasteiger partial charge < -0.3 is 15.5 Å². The van der Waals surface area contributed by atoms with Crippen molar-refractivity contribution in [1.82, 2.24) is 0 Å². The fraction of sp³-hybridized carbons (Fsp3) is 0.348. The third kappa shape index (κ3) is 3.49. The number of hydrogen-bond donors (Lipinski definition) is 2. The lowest BCUT2D eigenvalue weighted by atomic mass is 9.73. The number of fused-ring (bicyclic) bond motifs is 1. The van der Waals surface area contributed by atoms with E-state index >= 15 is 0 Å². The number of ketones is 1. The van der Waals surface area contributed by atoms with Crippen LogP contribution in [0.15, 0.2) is 53.7 Å². The lowest BCUT2D eigenvalue weighted by Gasteiger charge is -2.34. The Kier molecular flexibility index (Phi) is 4.62. The van der Waals surface area contributed by atoms with Crippen molar-refractivity contribution in [3.8, 4) is 0 Å². The van der Waals surface area contributed by atoms with Crippen molar-refractivity contribution in [3.05, 3.63) is 64.3 Å². The van der Waals surface area contributed by atoms with Crippen LogP contribution in [0.2, 0.25) is 5.02 Å². The average Bonchev–Trinajstić information content (AvgIpc) is 2.77. The summed E-state index contributed by atoms with van der Waals surface area (Å²) in [6, 6.07) is 13.9. The molecule has 0 bridgehead atoms. The van der Waals surface area contributed by atoms with Gasteiger partial charge in [-0.15, -0.1) is 0 Å². The molecular weight excluding hydrogens is 370 g/mol. The van der Waals surface area contributed by atoms with Crippen LogP contribution < -0.4 is 15.5 Å². The number of anilines is 3. The number of carbonyl (C=O) groups excluding carboxylic acids is 1. The largest absolute Gasteiger partial charge is 0.378 e. The second-order valence-electron chi connectivity index (χ2n) is 8.71. The van der Waals surface area contributed by atoms with Gasteiger partial charge in [0.1, 0.15) is 0 Å². The normalized spacial score (nSPS) is 20.5. The standard InChI is InChI=1S/C23H26ClN3O/c1-23(2)12-19-21(20(28)13-23)22(14-5-8-16(9-6-14)27(3)4)26-18-11-15(24)7-10-17(18)25-19/h5-11,22,25-26H,12-13H2,1-4H3/t22-/m1/s1. The van der Waals surface area contributed by atoms with Crippen LogP contribution in [0.4, 0.5) is 17.1 Å². The molecule has 0 fully saturated rings. The minimum Gasteiger partial charge on any atom is -0.378 e. The molecule has 146 valence electrons. The fourth-order valence-electron chi connectivity index (χ4n) is 4.13. The van der Waals surface area contributed by atoms with Crippen molar-refractivity contribution >= 4 is 34.4 Å². The van der Waals surface area contributed by atoms with E-state index in [1.165, 1.54) is 0 Å². The molecule has 0 saturated carbocycles. The first-order chi connectivity index (χ1) is 13.2. The number of hydrogen-bond acceptors (Lipinski definition) is 4. The summed E-state index contributed by atoms with van der Waals surface area (Å²) in [5.41, 5.74) is 5.86. The van der Waals surface area contributed by atoms with Crippen molar-refractivity contribution < 1.29 is 4.79 Å². The summed E-state index contributed by atoms with van der Waals surface area (Å²) in [4.78, 5) is 15.3. The van der Waals surface area contributed by atoms with Crippen LogP contribution in [0.5, 0.6) is 0 Å². The van der Waals surface area contributed by atoms with Gasteiger partial charge in [0.25, 0.3) is 0 Å². The molecule has 2 aromatic rings. The highest BCUT2D eigenvalue weighted by Crippen LogP contribution is 2.45. The van der Waals surface area contributed by atoms with E-state index in [2.05, 4.69) is 53.6 Å². The molecule has 2 N–H and O–H groups in total. The third-order valence-corrected chi connectivity index (χ3v) is 5.75. The van der Waals surface area contributed by atoms with Gasteiger partial charge >= 0.3 is 0 Å². The van der Waals surface area contributed by atoms with Crippen LogP contribution in [-0.4, -0.2) is 19.9 Å². The van der Waals surface area contributed by atoms with Gasteiger partial charge in [-0.3, -0.25) is 4.79 Å². The molecule has 0 saturated heterocycles. The summed E-state index contributed by atoms with van der Waals surface area (Å²) in [7, 11) is 4.04. The van der Waals surface area contributed by atoms with Gasteiger partial charge in [-0.05, 0) is 47.7 Å². The van der Waals surface area contributed by atoms with E-state index < -0.39 is 0 Å². The van der Waals surface area contributed by atoms with Crippen molar-refractivity contribution in [2.75, 3.05) is 29.6 Å². The Morgan fingerprint density at radius 1 is 1.04 bits per heavy atom. The maximum Gasteiger partial charge on any atom is 0.163 e. The lowest BCUT2D eigenvalue weighted by molar-refractivity contribution is -0.118. The zero-order valence-electron chi connectivity index (χ0n) is 16.8. The van der Waals surface area contributed by atoms with Crippen LogP contribution in [0, 0.1) is 5.41 Å². The van der Waals surface area contributed by atoms with E-state index in [9.17, 15) is 4.79 Å². The molecule has 4 nitrogen and oxygen atoms in total. The van der Waals surface area contributed by atoms with Crippen LogP contribution in [0.25, 0.3) is 0 Å². The van der Waals surface area contributed by atoms with Crippen molar-refractivity contribution in [2.45, 2.75) is 32.7 Å².